The molecule has 0 aliphatic rings. The van der Waals surface area contributed by atoms with Crippen LogP contribution in [0, 0.1) is 6.92 Å². The summed E-state index contributed by atoms with van der Waals surface area (Å²) in [5, 5.41) is 5.98. The van der Waals surface area contributed by atoms with E-state index >= 15 is 0 Å². The van der Waals surface area contributed by atoms with Gasteiger partial charge >= 0.3 is 0 Å². The maximum Gasteiger partial charge on any atom is 0.238 e. The van der Waals surface area contributed by atoms with Crippen molar-refractivity contribution >= 4 is 33.2 Å². The zero-order valence-electron chi connectivity index (χ0n) is 11.1. The van der Waals surface area contributed by atoms with Crippen molar-refractivity contribution in [2.45, 2.75) is 18.4 Å². The molecule has 0 radical (unpaired) electrons. The Balaban J connectivity index is 2.19. The van der Waals surface area contributed by atoms with Crippen molar-refractivity contribution < 1.29 is 13.2 Å². The predicted octanol–water partition coefficient (Wildman–Crippen LogP) is 3.53. The lowest BCUT2D eigenvalue weighted by Crippen LogP contribution is -2.12. The second-order valence-corrected chi connectivity index (χ2v) is 6.82. The second-order valence-electron chi connectivity index (χ2n) is 4.47. The van der Waals surface area contributed by atoms with E-state index in [1.165, 1.54) is 12.1 Å². The third-order valence-corrected chi connectivity index (χ3v) is 4.66. The standard InChI is InChI=1S/C14H13Cl2NO3S/c1-9-7-11(21(17,18)19)5-6-13(9)20-8-10-3-2-4-12(15)14(10)16/h2-7H,8H2,1H3,(H2,17,18,19). The van der Waals surface area contributed by atoms with Crippen molar-refractivity contribution in [2.24, 2.45) is 5.14 Å². The molecule has 0 spiro atoms. The molecule has 0 saturated heterocycles. The van der Waals surface area contributed by atoms with Crippen LogP contribution in [-0.2, 0) is 16.6 Å². The third kappa shape index (κ3) is 3.89. The number of sulfonamides is 1. The summed E-state index contributed by atoms with van der Waals surface area (Å²) in [7, 11) is -3.72. The van der Waals surface area contributed by atoms with Gasteiger partial charge in [0.15, 0.2) is 0 Å². The number of rotatable bonds is 4. The summed E-state index contributed by atoms with van der Waals surface area (Å²) in [5.74, 6) is 0.554. The van der Waals surface area contributed by atoms with Crippen molar-refractivity contribution in [3.8, 4) is 5.75 Å². The molecule has 7 heteroatoms. The molecule has 0 amide bonds. The lowest BCUT2D eigenvalue weighted by Gasteiger charge is -2.11. The molecule has 0 heterocycles. The summed E-state index contributed by atoms with van der Waals surface area (Å²) in [6, 6.07) is 9.71. The molecule has 2 N–H and O–H groups in total. The van der Waals surface area contributed by atoms with Gasteiger partial charge in [0.05, 0.1) is 14.9 Å². The molecular weight excluding hydrogens is 333 g/mol. The largest absolute Gasteiger partial charge is 0.489 e. The van der Waals surface area contributed by atoms with E-state index in [-0.39, 0.29) is 11.5 Å². The van der Waals surface area contributed by atoms with Gasteiger partial charge in [-0.25, -0.2) is 13.6 Å². The van der Waals surface area contributed by atoms with Gasteiger partial charge in [0.1, 0.15) is 12.4 Å². The number of hydrogen-bond donors (Lipinski definition) is 1. The van der Waals surface area contributed by atoms with Crippen LogP contribution >= 0.6 is 23.2 Å². The molecule has 0 bridgehead atoms. The Labute approximate surface area is 133 Å². The van der Waals surface area contributed by atoms with Gasteiger partial charge in [-0.3, -0.25) is 0 Å². The maximum absolute atomic E-state index is 11.3. The molecule has 2 aromatic carbocycles. The van der Waals surface area contributed by atoms with Gasteiger partial charge in [0.25, 0.3) is 0 Å². The minimum Gasteiger partial charge on any atom is -0.489 e. The fourth-order valence-corrected chi connectivity index (χ4v) is 2.75. The highest BCUT2D eigenvalue weighted by molar-refractivity contribution is 7.89. The highest BCUT2D eigenvalue weighted by Crippen LogP contribution is 2.28. The molecule has 4 nitrogen and oxygen atoms in total. The van der Waals surface area contributed by atoms with Crippen LogP contribution in [0.15, 0.2) is 41.3 Å². The van der Waals surface area contributed by atoms with Gasteiger partial charge in [-0.1, -0.05) is 35.3 Å². The van der Waals surface area contributed by atoms with E-state index in [1.807, 2.05) is 6.07 Å². The van der Waals surface area contributed by atoms with E-state index < -0.39 is 10.0 Å². The van der Waals surface area contributed by atoms with Crippen LogP contribution in [0.3, 0.4) is 0 Å². The van der Waals surface area contributed by atoms with E-state index in [0.717, 1.165) is 5.56 Å². The normalized spacial score (nSPS) is 11.4. The molecule has 0 fully saturated rings. The molecule has 0 aliphatic heterocycles. The van der Waals surface area contributed by atoms with Crippen molar-refractivity contribution in [1.82, 2.24) is 0 Å². The summed E-state index contributed by atoms with van der Waals surface area (Å²) in [4.78, 5) is 0.0492. The van der Waals surface area contributed by atoms with Crippen molar-refractivity contribution in [3.05, 3.63) is 57.6 Å². The van der Waals surface area contributed by atoms with Gasteiger partial charge in [-0.15, -0.1) is 0 Å². The Morgan fingerprint density at radius 2 is 1.90 bits per heavy atom. The average molecular weight is 346 g/mol. The molecule has 0 aliphatic carbocycles. The Hall–Kier alpha value is -1.27. The third-order valence-electron chi connectivity index (χ3n) is 2.89. The Kier molecular flexibility index (Phi) is 4.78. The first-order valence-corrected chi connectivity index (χ1v) is 8.28. The second kappa shape index (κ2) is 6.23. The Morgan fingerprint density at radius 3 is 2.52 bits per heavy atom. The number of primary sulfonamides is 1. The molecule has 0 atom stereocenters. The minimum atomic E-state index is -3.72. The molecular formula is C14H13Cl2NO3S. The van der Waals surface area contributed by atoms with Crippen LogP contribution in [0.1, 0.15) is 11.1 Å². The smallest absolute Gasteiger partial charge is 0.238 e. The maximum atomic E-state index is 11.3. The van der Waals surface area contributed by atoms with E-state index in [9.17, 15) is 8.42 Å². The van der Waals surface area contributed by atoms with Crippen molar-refractivity contribution in [3.63, 3.8) is 0 Å². The average Bonchev–Trinajstić information content (AvgIpc) is 2.40. The van der Waals surface area contributed by atoms with E-state index in [2.05, 4.69) is 0 Å². The van der Waals surface area contributed by atoms with Crippen LogP contribution < -0.4 is 9.88 Å². The molecule has 2 rings (SSSR count). The lowest BCUT2D eigenvalue weighted by molar-refractivity contribution is 0.304. The minimum absolute atomic E-state index is 0.0492. The first-order valence-electron chi connectivity index (χ1n) is 5.98. The Bertz CT molecular complexity index is 776. The Morgan fingerprint density at radius 1 is 1.19 bits per heavy atom. The quantitative estimate of drug-likeness (QED) is 0.921. The van der Waals surface area contributed by atoms with Crippen LogP contribution in [0.5, 0.6) is 5.75 Å². The number of halogens is 2. The van der Waals surface area contributed by atoms with Crippen LogP contribution in [0.25, 0.3) is 0 Å². The first kappa shape index (κ1) is 16.1. The highest BCUT2D eigenvalue weighted by Gasteiger charge is 2.11. The van der Waals surface area contributed by atoms with E-state index in [4.69, 9.17) is 33.1 Å². The van der Waals surface area contributed by atoms with Gasteiger partial charge < -0.3 is 4.74 Å². The first-order chi connectivity index (χ1) is 9.79. The zero-order valence-corrected chi connectivity index (χ0v) is 13.5. The highest BCUT2D eigenvalue weighted by atomic mass is 35.5. The summed E-state index contributed by atoms with van der Waals surface area (Å²) >= 11 is 12.0. The fourth-order valence-electron chi connectivity index (χ4n) is 1.78. The van der Waals surface area contributed by atoms with Crippen molar-refractivity contribution in [1.29, 1.82) is 0 Å². The van der Waals surface area contributed by atoms with Gasteiger partial charge in [-0.2, -0.15) is 0 Å². The van der Waals surface area contributed by atoms with E-state index in [1.54, 1.807) is 25.1 Å². The van der Waals surface area contributed by atoms with Gasteiger partial charge in [0, 0.05) is 5.56 Å². The molecule has 0 saturated carbocycles. The molecule has 0 aromatic heterocycles. The summed E-state index contributed by atoms with van der Waals surface area (Å²) in [6.07, 6.45) is 0. The van der Waals surface area contributed by atoms with Crippen LogP contribution in [0.2, 0.25) is 10.0 Å². The van der Waals surface area contributed by atoms with Crippen molar-refractivity contribution in [2.75, 3.05) is 0 Å². The lowest BCUT2D eigenvalue weighted by atomic mass is 10.2. The molecule has 112 valence electrons. The fraction of sp³-hybridized carbons (Fsp3) is 0.143. The van der Waals surface area contributed by atoms with Gasteiger partial charge in [0.2, 0.25) is 10.0 Å². The van der Waals surface area contributed by atoms with Crippen LogP contribution in [0.4, 0.5) is 0 Å². The summed E-state index contributed by atoms with van der Waals surface area (Å²) < 4.78 is 28.2. The molecule has 2 aromatic rings. The van der Waals surface area contributed by atoms with E-state index in [0.29, 0.717) is 21.4 Å². The van der Waals surface area contributed by atoms with Gasteiger partial charge in [-0.05, 0) is 36.8 Å². The number of benzene rings is 2. The zero-order chi connectivity index (χ0) is 15.6. The number of ether oxygens (including phenoxy) is 1. The predicted molar refractivity (Wildman–Crippen MR) is 83.3 cm³/mol. The topological polar surface area (TPSA) is 69.4 Å². The number of hydrogen-bond acceptors (Lipinski definition) is 3. The summed E-state index contributed by atoms with van der Waals surface area (Å²) in [5.41, 5.74) is 1.42. The monoisotopic (exact) mass is 345 g/mol. The molecule has 21 heavy (non-hydrogen) atoms. The SMILES string of the molecule is Cc1cc(S(N)(=O)=O)ccc1OCc1cccc(Cl)c1Cl. The number of aryl methyl sites for hydroxylation is 1. The summed E-state index contributed by atoms with van der Waals surface area (Å²) in [6.45, 7) is 1.97. The molecule has 0 unspecified atom stereocenters. The number of nitrogens with two attached hydrogens (primary N) is 1. The van der Waals surface area contributed by atoms with Crippen LogP contribution in [-0.4, -0.2) is 8.42 Å².